The Hall–Kier alpha value is -4.29. The van der Waals surface area contributed by atoms with E-state index in [1.807, 2.05) is 37.3 Å². The fraction of sp³-hybridized carbons (Fsp3) is 0.130. The molecule has 35 heavy (non-hydrogen) atoms. The van der Waals surface area contributed by atoms with Crippen molar-refractivity contribution in [2.75, 3.05) is 19.5 Å². The number of primary sulfonamides is 1. The van der Waals surface area contributed by atoms with Crippen molar-refractivity contribution < 1.29 is 17.9 Å². The zero-order chi connectivity index (χ0) is 24.7. The second-order valence-corrected chi connectivity index (χ2v) is 9.23. The summed E-state index contributed by atoms with van der Waals surface area (Å²) in [5.41, 5.74) is 3.48. The molecule has 178 valence electrons. The molecule has 0 aliphatic rings. The molecule has 5 aromatic rings. The van der Waals surface area contributed by atoms with Gasteiger partial charge in [-0.05, 0) is 37.3 Å². The number of ether oxygens (including phenoxy) is 2. The van der Waals surface area contributed by atoms with Crippen LogP contribution in [0.25, 0.3) is 27.8 Å². The first-order valence-electron chi connectivity index (χ1n) is 10.4. The van der Waals surface area contributed by atoms with Gasteiger partial charge in [-0.25, -0.2) is 23.1 Å². The Morgan fingerprint density at radius 3 is 2.51 bits per heavy atom. The summed E-state index contributed by atoms with van der Waals surface area (Å²) in [5, 5.41) is 14.2. The smallest absolute Gasteiger partial charge is 0.320 e. The number of nitrogens with zero attached hydrogens (tertiary/aromatic N) is 5. The van der Waals surface area contributed by atoms with Crippen LogP contribution >= 0.6 is 0 Å². The Labute approximate surface area is 200 Å². The lowest BCUT2D eigenvalue weighted by Gasteiger charge is -2.14. The number of sulfonamides is 1. The number of benzene rings is 2. The van der Waals surface area contributed by atoms with Crippen molar-refractivity contribution in [1.82, 2.24) is 24.6 Å². The molecule has 11 nitrogen and oxygen atoms in total. The largest absolute Gasteiger partial charge is 0.481 e. The Bertz CT molecular complexity index is 1680. The van der Waals surface area contributed by atoms with Gasteiger partial charge in [-0.3, -0.25) is 0 Å². The standard InChI is InChI=1S/C23H21N7O4S/c1-13-10-20-27-22(15-6-4-5-7-18(15)30(20)29-13)25-14-8-9-19(35(24,31)32)16(11-14)17-12-21(33-2)28-23(26-17)34-3/h4-12H,1-3H3,(H,25,27)(H2,24,31,32). The van der Waals surface area contributed by atoms with Gasteiger partial charge in [0.1, 0.15) is 5.82 Å². The molecule has 0 aliphatic carbocycles. The van der Waals surface area contributed by atoms with Crippen molar-refractivity contribution >= 4 is 38.1 Å². The Balaban J connectivity index is 1.68. The predicted molar refractivity (Wildman–Crippen MR) is 130 cm³/mol. The summed E-state index contributed by atoms with van der Waals surface area (Å²) in [7, 11) is -1.22. The van der Waals surface area contributed by atoms with Crippen LogP contribution < -0.4 is 19.9 Å². The highest BCUT2D eigenvalue weighted by molar-refractivity contribution is 7.89. The summed E-state index contributed by atoms with van der Waals surface area (Å²) >= 11 is 0. The molecule has 0 spiro atoms. The van der Waals surface area contributed by atoms with Crippen LogP contribution in [0.5, 0.6) is 11.9 Å². The number of nitrogens with one attached hydrogen (secondary N) is 1. The molecule has 0 fully saturated rings. The Morgan fingerprint density at radius 1 is 0.971 bits per heavy atom. The third kappa shape index (κ3) is 4.20. The van der Waals surface area contributed by atoms with Crippen LogP contribution in [0.3, 0.4) is 0 Å². The quantitative estimate of drug-likeness (QED) is 0.366. The van der Waals surface area contributed by atoms with Crippen LogP contribution in [-0.2, 0) is 10.0 Å². The number of rotatable bonds is 6. The minimum Gasteiger partial charge on any atom is -0.481 e. The normalized spacial score (nSPS) is 11.7. The number of nitrogens with two attached hydrogens (primary N) is 1. The molecule has 0 bridgehead atoms. The van der Waals surface area contributed by atoms with Gasteiger partial charge in [0, 0.05) is 28.8 Å². The molecule has 0 saturated carbocycles. The molecular weight excluding hydrogens is 470 g/mol. The van der Waals surface area contributed by atoms with E-state index in [-0.39, 0.29) is 28.0 Å². The van der Waals surface area contributed by atoms with E-state index in [1.54, 1.807) is 16.6 Å². The molecule has 3 heterocycles. The van der Waals surface area contributed by atoms with E-state index in [9.17, 15) is 8.42 Å². The fourth-order valence-corrected chi connectivity index (χ4v) is 4.53. The van der Waals surface area contributed by atoms with E-state index in [0.29, 0.717) is 17.2 Å². The summed E-state index contributed by atoms with van der Waals surface area (Å²) in [6, 6.07) is 15.8. The Morgan fingerprint density at radius 2 is 1.77 bits per heavy atom. The van der Waals surface area contributed by atoms with Gasteiger partial charge in [-0.2, -0.15) is 15.1 Å². The number of aromatic nitrogens is 5. The van der Waals surface area contributed by atoms with Crippen LogP contribution in [0, 0.1) is 6.92 Å². The Kier molecular flexibility index (Phi) is 5.46. The molecular formula is C23H21N7O4S. The second-order valence-electron chi connectivity index (χ2n) is 7.70. The van der Waals surface area contributed by atoms with Crippen molar-refractivity contribution in [3.05, 3.63) is 60.3 Å². The average Bonchev–Trinajstić information content (AvgIpc) is 3.23. The highest BCUT2D eigenvalue weighted by Crippen LogP contribution is 2.33. The van der Waals surface area contributed by atoms with E-state index < -0.39 is 10.0 Å². The molecule has 3 aromatic heterocycles. The minimum absolute atomic E-state index is 0.0206. The molecule has 5 rings (SSSR count). The van der Waals surface area contributed by atoms with Gasteiger partial charge in [0.25, 0.3) is 0 Å². The fourth-order valence-electron chi connectivity index (χ4n) is 3.80. The summed E-state index contributed by atoms with van der Waals surface area (Å²) in [6.45, 7) is 1.90. The van der Waals surface area contributed by atoms with Crippen LogP contribution in [-0.4, -0.2) is 47.2 Å². The SMILES string of the molecule is COc1cc(-c2cc(Nc3nc4cc(C)nn4c4ccccc34)ccc2S(N)(=O)=O)nc(OC)n1. The highest BCUT2D eigenvalue weighted by atomic mass is 32.2. The lowest BCUT2D eigenvalue weighted by molar-refractivity contribution is 0.352. The molecule has 0 radical (unpaired) electrons. The van der Waals surface area contributed by atoms with E-state index in [1.165, 1.54) is 26.4 Å². The number of fused-ring (bicyclic) bond motifs is 3. The first-order valence-corrected chi connectivity index (χ1v) is 12.0. The maximum absolute atomic E-state index is 12.4. The summed E-state index contributed by atoms with van der Waals surface area (Å²) in [6.07, 6.45) is 0. The lowest BCUT2D eigenvalue weighted by atomic mass is 10.1. The second kappa shape index (κ2) is 8.49. The van der Waals surface area contributed by atoms with Crippen molar-refractivity contribution in [2.45, 2.75) is 11.8 Å². The van der Waals surface area contributed by atoms with Crippen LogP contribution in [0.4, 0.5) is 11.5 Å². The van der Waals surface area contributed by atoms with E-state index in [4.69, 9.17) is 19.6 Å². The lowest BCUT2D eigenvalue weighted by Crippen LogP contribution is -2.14. The number of hydrogen-bond acceptors (Lipinski definition) is 9. The van der Waals surface area contributed by atoms with Crippen molar-refractivity contribution in [2.24, 2.45) is 5.14 Å². The average molecular weight is 492 g/mol. The molecule has 0 unspecified atom stereocenters. The molecule has 12 heteroatoms. The summed E-state index contributed by atoms with van der Waals surface area (Å²) in [4.78, 5) is 13.0. The van der Waals surface area contributed by atoms with E-state index in [0.717, 1.165) is 16.6 Å². The highest BCUT2D eigenvalue weighted by Gasteiger charge is 2.20. The van der Waals surface area contributed by atoms with Crippen LogP contribution in [0.1, 0.15) is 5.69 Å². The summed E-state index contributed by atoms with van der Waals surface area (Å²) < 4.78 is 36.9. The van der Waals surface area contributed by atoms with Crippen molar-refractivity contribution in [3.63, 3.8) is 0 Å². The molecule has 2 aromatic carbocycles. The zero-order valence-electron chi connectivity index (χ0n) is 19.1. The van der Waals surface area contributed by atoms with Gasteiger partial charge in [-0.1, -0.05) is 12.1 Å². The topological polar surface area (TPSA) is 147 Å². The van der Waals surface area contributed by atoms with Gasteiger partial charge < -0.3 is 14.8 Å². The van der Waals surface area contributed by atoms with E-state index >= 15 is 0 Å². The first-order chi connectivity index (χ1) is 16.8. The van der Waals surface area contributed by atoms with Gasteiger partial charge in [0.2, 0.25) is 15.9 Å². The zero-order valence-corrected chi connectivity index (χ0v) is 19.9. The van der Waals surface area contributed by atoms with Gasteiger partial charge in [0.15, 0.2) is 5.65 Å². The summed E-state index contributed by atoms with van der Waals surface area (Å²) in [5.74, 6) is 0.792. The molecule has 0 saturated heterocycles. The first kappa shape index (κ1) is 22.5. The predicted octanol–water partition coefficient (Wildman–Crippen LogP) is 3.06. The molecule has 0 amide bonds. The van der Waals surface area contributed by atoms with E-state index in [2.05, 4.69) is 20.4 Å². The molecule has 3 N–H and O–H groups in total. The minimum atomic E-state index is -4.07. The maximum atomic E-state index is 12.4. The number of methoxy groups -OCH3 is 2. The van der Waals surface area contributed by atoms with Gasteiger partial charge >= 0.3 is 6.01 Å². The number of para-hydroxylation sites is 1. The van der Waals surface area contributed by atoms with Crippen LogP contribution in [0.15, 0.2) is 59.5 Å². The number of hydrogen-bond donors (Lipinski definition) is 2. The molecule has 0 aliphatic heterocycles. The van der Waals surface area contributed by atoms with Crippen LogP contribution in [0.2, 0.25) is 0 Å². The van der Waals surface area contributed by atoms with Crippen molar-refractivity contribution in [3.8, 4) is 23.1 Å². The number of aryl methyl sites for hydroxylation is 1. The van der Waals surface area contributed by atoms with Crippen molar-refractivity contribution in [1.29, 1.82) is 0 Å². The monoisotopic (exact) mass is 491 g/mol. The molecule has 0 atom stereocenters. The number of anilines is 2. The maximum Gasteiger partial charge on any atom is 0.320 e. The third-order valence-electron chi connectivity index (χ3n) is 5.33. The van der Waals surface area contributed by atoms with Gasteiger partial charge in [0.05, 0.1) is 36.0 Å². The third-order valence-corrected chi connectivity index (χ3v) is 6.29. The van der Waals surface area contributed by atoms with Gasteiger partial charge in [-0.15, -0.1) is 0 Å².